The topological polar surface area (TPSA) is 86.6 Å². The molecule has 1 amide bonds. The maximum absolute atomic E-state index is 12.3. The average molecular weight is 527 g/mol. The van der Waals surface area contributed by atoms with Gasteiger partial charge in [0.1, 0.15) is 11.5 Å². The Morgan fingerprint density at radius 2 is 1.67 bits per heavy atom. The molecule has 1 N–H and O–H groups in total. The summed E-state index contributed by atoms with van der Waals surface area (Å²) in [7, 11) is -3.94. The minimum absolute atomic E-state index is 0.0166. The number of hydrogen-bond donors (Lipinski definition) is 1. The highest BCUT2D eigenvalue weighted by Crippen LogP contribution is 2.26. The first-order valence-electron chi connectivity index (χ1n) is 11.4. The first kappa shape index (κ1) is 25.6. The van der Waals surface area contributed by atoms with E-state index >= 15 is 0 Å². The standard InChI is InChI=1S/C27H27ClN2O5S/c1-19-15-23(16-20(2)27(19)28)34-14-6-12-30-13-11-21-9-10-22(17-25(21)30)35-18-26(31)29-36(32,33)24-7-4-3-5-8-24/h3-5,7-11,13,15-17H,6,12,14,18H2,1-2H3,(H,29,31). The number of aryl methyl sites for hydroxylation is 3. The second-order valence-electron chi connectivity index (χ2n) is 8.43. The number of fused-ring (bicyclic) bond motifs is 1. The molecule has 4 rings (SSSR count). The summed E-state index contributed by atoms with van der Waals surface area (Å²) in [6.07, 6.45) is 2.78. The summed E-state index contributed by atoms with van der Waals surface area (Å²) in [4.78, 5) is 12.2. The molecule has 0 atom stereocenters. The van der Waals surface area contributed by atoms with E-state index in [2.05, 4.69) is 4.57 Å². The molecule has 0 aliphatic rings. The molecule has 0 aliphatic carbocycles. The van der Waals surface area contributed by atoms with Crippen molar-refractivity contribution in [1.82, 2.24) is 9.29 Å². The Morgan fingerprint density at radius 3 is 2.39 bits per heavy atom. The van der Waals surface area contributed by atoms with Crippen LogP contribution in [0.1, 0.15) is 17.5 Å². The van der Waals surface area contributed by atoms with Crippen LogP contribution in [0, 0.1) is 13.8 Å². The third kappa shape index (κ3) is 6.19. The SMILES string of the molecule is Cc1cc(OCCCn2ccc3ccc(OCC(=O)NS(=O)(=O)c4ccccc4)cc32)cc(C)c1Cl. The van der Waals surface area contributed by atoms with Crippen molar-refractivity contribution in [3.8, 4) is 11.5 Å². The van der Waals surface area contributed by atoms with E-state index in [1.807, 2.05) is 55.1 Å². The second-order valence-corrected chi connectivity index (χ2v) is 10.5. The van der Waals surface area contributed by atoms with Crippen LogP contribution in [0.15, 0.2) is 77.8 Å². The molecule has 0 saturated heterocycles. The minimum atomic E-state index is -3.94. The molecule has 36 heavy (non-hydrogen) atoms. The van der Waals surface area contributed by atoms with Crippen molar-refractivity contribution in [2.45, 2.75) is 31.7 Å². The van der Waals surface area contributed by atoms with E-state index in [0.29, 0.717) is 12.4 Å². The number of halogens is 1. The van der Waals surface area contributed by atoms with Gasteiger partial charge in [0.15, 0.2) is 6.61 Å². The van der Waals surface area contributed by atoms with Crippen molar-refractivity contribution >= 4 is 38.4 Å². The van der Waals surface area contributed by atoms with Crippen LogP contribution in [-0.4, -0.2) is 32.1 Å². The quantitative estimate of drug-likeness (QED) is 0.285. The number of amides is 1. The molecule has 0 unspecified atom stereocenters. The molecule has 0 fully saturated rings. The minimum Gasteiger partial charge on any atom is -0.494 e. The first-order chi connectivity index (χ1) is 17.2. The van der Waals surface area contributed by atoms with Gasteiger partial charge in [0, 0.05) is 23.8 Å². The number of carbonyl (C=O) groups is 1. The van der Waals surface area contributed by atoms with Crippen molar-refractivity contribution in [3.63, 3.8) is 0 Å². The monoisotopic (exact) mass is 526 g/mol. The van der Waals surface area contributed by atoms with E-state index in [9.17, 15) is 13.2 Å². The number of nitrogens with one attached hydrogen (secondary N) is 1. The lowest BCUT2D eigenvalue weighted by molar-refractivity contribution is -0.121. The van der Waals surface area contributed by atoms with Gasteiger partial charge in [-0.2, -0.15) is 0 Å². The van der Waals surface area contributed by atoms with Crippen LogP contribution >= 0.6 is 11.6 Å². The predicted octanol–water partition coefficient (Wildman–Crippen LogP) is 5.26. The first-order valence-corrected chi connectivity index (χ1v) is 13.3. The summed E-state index contributed by atoms with van der Waals surface area (Å²) >= 11 is 6.22. The lowest BCUT2D eigenvalue weighted by Gasteiger charge is -2.11. The molecule has 0 aliphatic heterocycles. The molecule has 188 valence electrons. The number of sulfonamides is 1. The maximum Gasteiger partial charge on any atom is 0.271 e. The number of benzene rings is 3. The Balaban J connectivity index is 1.32. The van der Waals surface area contributed by atoms with Crippen LogP contribution in [-0.2, 0) is 21.4 Å². The van der Waals surface area contributed by atoms with Gasteiger partial charge < -0.3 is 14.0 Å². The van der Waals surface area contributed by atoms with Crippen molar-refractivity contribution in [1.29, 1.82) is 0 Å². The van der Waals surface area contributed by atoms with Gasteiger partial charge in [-0.15, -0.1) is 0 Å². The van der Waals surface area contributed by atoms with Gasteiger partial charge >= 0.3 is 0 Å². The zero-order valence-electron chi connectivity index (χ0n) is 20.0. The van der Waals surface area contributed by atoms with E-state index in [4.69, 9.17) is 21.1 Å². The van der Waals surface area contributed by atoms with Crippen molar-refractivity contribution in [2.75, 3.05) is 13.2 Å². The molecule has 1 aromatic heterocycles. The van der Waals surface area contributed by atoms with Crippen LogP contribution in [0.5, 0.6) is 11.5 Å². The van der Waals surface area contributed by atoms with E-state index in [1.54, 1.807) is 24.3 Å². The lowest BCUT2D eigenvalue weighted by atomic mass is 10.1. The third-order valence-electron chi connectivity index (χ3n) is 5.64. The van der Waals surface area contributed by atoms with Gasteiger partial charge in [0.25, 0.3) is 15.9 Å². The molecule has 3 aromatic carbocycles. The summed E-state index contributed by atoms with van der Waals surface area (Å²) < 4.78 is 40.2. The van der Waals surface area contributed by atoms with E-state index in [0.717, 1.165) is 45.8 Å². The fraction of sp³-hybridized carbons (Fsp3) is 0.222. The Bertz CT molecular complexity index is 1460. The molecule has 0 radical (unpaired) electrons. The highest BCUT2D eigenvalue weighted by atomic mass is 35.5. The summed E-state index contributed by atoms with van der Waals surface area (Å²) in [5, 5.41) is 1.79. The van der Waals surface area contributed by atoms with Crippen LogP contribution in [0.3, 0.4) is 0 Å². The average Bonchev–Trinajstić information content (AvgIpc) is 3.26. The smallest absolute Gasteiger partial charge is 0.271 e. The Morgan fingerprint density at radius 1 is 0.944 bits per heavy atom. The molecule has 0 bridgehead atoms. The Hall–Kier alpha value is -3.49. The van der Waals surface area contributed by atoms with Crippen LogP contribution in [0.25, 0.3) is 10.9 Å². The molecule has 1 heterocycles. The molecule has 0 spiro atoms. The molecule has 7 nitrogen and oxygen atoms in total. The second kappa shape index (κ2) is 11.1. The molecule has 4 aromatic rings. The van der Waals surface area contributed by atoms with Gasteiger partial charge in [-0.3, -0.25) is 4.79 Å². The van der Waals surface area contributed by atoms with Crippen molar-refractivity contribution in [2.24, 2.45) is 0 Å². The predicted molar refractivity (Wildman–Crippen MR) is 140 cm³/mol. The normalized spacial score (nSPS) is 11.4. The lowest BCUT2D eigenvalue weighted by Crippen LogP contribution is -2.34. The number of carbonyl (C=O) groups excluding carboxylic acids is 1. The maximum atomic E-state index is 12.3. The van der Waals surface area contributed by atoms with Gasteiger partial charge in [0.2, 0.25) is 0 Å². The fourth-order valence-corrected chi connectivity index (χ4v) is 4.95. The summed E-state index contributed by atoms with van der Waals surface area (Å²) in [5.74, 6) is 0.521. The largest absolute Gasteiger partial charge is 0.494 e. The van der Waals surface area contributed by atoms with Crippen molar-refractivity contribution in [3.05, 3.63) is 89.1 Å². The summed E-state index contributed by atoms with van der Waals surface area (Å²) in [6.45, 7) is 4.77. The van der Waals surface area contributed by atoms with E-state index in [-0.39, 0.29) is 4.90 Å². The molecular formula is C27H27ClN2O5S. The van der Waals surface area contributed by atoms with Crippen LogP contribution in [0.2, 0.25) is 5.02 Å². The highest BCUT2D eigenvalue weighted by molar-refractivity contribution is 7.90. The number of hydrogen-bond acceptors (Lipinski definition) is 5. The van der Waals surface area contributed by atoms with Gasteiger partial charge in [-0.05, 0) is 79.2 Å². The van der Waals surface area contributed by atoms with Crippen LogP contribution in [0.4, 0.5) is 0 Å². The Labute approximate surface area is 215 Å². The highest BCUT2D eigenvalue weighted by Gasteiger charge is 2.17. The zero-order valence-corrected chi connectivity index (χ0v) is 21.6. The number of nitrogens with zero attached hydrogens (tertiary/aromatic N) is 1. The van der Waals surface area contributed by atoms with Gasteiger partial charge in [-0.1, -0.05) is 29.8 Å². The van der Waals surface area contributed by atoms with E-state index < -0.39 is 22.5 Å². The molecular weight excluding hydrogens is 500 g/mol. The summed E-state index contributed by atoms with van der Waals surface area (Å²) in [6, 6.07) is 19.1. The fourth-order valence-electron chi connectivity index (χ4n) is 3.85. The zero-order chi connectivity index (χ0) is 25.7. The van der Waals surface area contributed by atoms with Gasteiger partial charge in [-0.25, -0.2) is 13.1 Å². The van der Waals surface area contributed by atoms with Gasteiger partial charge in [0.05, 0.1) is 17.0 Å². The van der Waals surface area contributed by atoms with E-state index in [1.165, 1.54) is 12.1 Å². The summed E-state index contributed by atoms with van der Waals surface area (Å²) in [5.41, 5.74) is 2.92. The molecule has 9 heteroatoms. The Kier molecular flexibility index (Phi) is 7.86. The number of aromatic nitrogens is 1. The number of rotatable bonds is 10. The molecule has 0 saturated carbocycles. The number of ether oxygens (including phenoxy) is 2. The van der Waals surface area contributed by atoms with Crippen molar-refractivity contribution < 1.29 is 22.7 Å². The third-order valence-corrected chi connectivity index (χ3v) is 7.62. The van der Waals surface area contributed by atoms with Crippen LogP contribution < -0.4 is 14.2 Å².